The first-order valence-corrected chi connectivity index (χ1v) is 10.1. The Morgan fingerprint density at radius 3 is 2.39 bits per heavy atom. The van der Waals surface area contributed by atoms with Gasteiger partial charge < -0.3 is 20.5 Å². The van der Waals surface area contributed by atoms with E-state index in [0.717, 1.165) is 31.4 Å². The Hall–Kier alpha value is -3.23. The molecule has 0 radical (unpaired) electrons. The maximum Gasteiger partial charge on any atom is 0.416 e. The maximum atomic E-state index is 13.1. The van der Waals surface area contributed by atoms with Crippen molar-refractivity contribution in [2.24, 2.45) is 0 Å². The average molecular weight is 432 g/mol. The van der Waals surface area contributed by atoms with Crippen LogP contribution in [0.3, 0.4) is 0 Å². The lowest BCUT2D eigenvalue weighted by molar-refractivity contribution is -0.137. The number of alkyl halides is 3. The van der Waals surface area contributed by atoms with Crippen LogP contribution in [0.1, 0.15) is 36.2 Å². The van der Waals surface area contributed by atoms with Crippen molar-refractivity contribution < 1.29 is 22.6 Å². The molecule has 1 aliphatic heterocycles. The third-order valence-corrected chi connectivity index (χ3v) is 4.98. The standard InChI is InChI=1S/C22H23F3N4O2/c1-13-28-18-11-20-19(30-5-3-2-4-6-31-20)10-17(18)21(29-13)27-12-14-7-15(22(23,24)25)9-16(26)8-14/h7-11H,2-6,12,26H2,1H3,(H,27,28,29). The second-order valence-electron chi connectivity index (χ2n) is 7.51. The van der Waals surface area contributed by atoms with Gasteiger partial charge in [0, 0.05) is 23.7 Å². The quantitative estimate of drug-likeness (QED) is 0.561. The number of benzene rings is 2. The number of nitrogens with zero attached hydrogens (tertiary/aromatic N) is 2. The van der Waals surface area contributed by atoms with Crippen LogP contribution in [0.15, 0.2) is 30.3 Å². The topological polar surface area (TPSA) is 82.3 Å². The molecule has 6 nitrogen and oxygen atoms in total. The predicted octanol–water partition coefficient (Wildman–Crippen LogP) is 5.09. The molecular formula is C22H23F3N4O2. The number of hydrogen-bond acceptors (Lipinski definition) is 6. The molecule has 0 fully saturated rings. The van der Waals surface area contributed by atoms with Crippen molar-refractivity contribution in [1.29, 1.82) is 0 Å². The van der Waals surface area contributed by atoms with E-state index in [9.17, 15) is 13.2 Å². The lowest BCUT2D eigenvalue weighted by atomic mass is 10.1. The Labute approximate surface area is 177 Å². The molecule has 0 aliphatic carbocycles. The molecule has 3 N–H and O–H groups in total. The molecule has 1 aromatic heterocycles. The summed E-state index contributed by atoms with van der Waals surface area (Å²) < 4.78 is 51.0. The summed E-state index contributed by atoms with van der Waals surface area (Å²) in [5.41, 5.74) is 6.01. The number of nitrogens with one attached hydrogen (secondary N) is 1. The predicted molar refractivity (Wildman–Crippen MR) is 112 cm³/mol. The van der Waals surface area contributed by atoms with E-state index in [1.807, 2.05) is 12.1 Å². The largest absolute Gasteiger partial charge is 0.490 e. The van der Waals surface area contributed by atoms with Gasteiger partial charge >= 0.3 is 6.18 Å². The normalized spacial score (nSPS) is 14.6. The van der Waals surface area contributed by atoms with Crippen LogP contribution in [0.4, 0.5) is 24.7 Å². The van der Waals surface area contributed by atoms with Gasteiger partial charge in [-0.15, -0.1) is 0 Å². The molecular weight excluding hydrogens is 409 g/mol. The molecule has 0 unspecified atom stereocenters. The highest BCUT2D eigenvalue weighted by atomic mass is 19.4. The van der Waals surface area contributed by atoms with Gasteiger partial charge in [-0.1, -0.05) is 0 Å². The average Bonchev–Trinajstić information content (AvgIpc) is 2.81. The number of halogens is 3. The minimum Gasteiger partial charge on any atom is -0.490 e. The molecule has 164 valence electrons. The van der Waals surface area contributed by atoms with Crippen molar-refractivity contribution in [2.45, 2.75) is 38.9 Å². The van der Waals surface area contributed by atoms with E-state index in [1.165, 1.54) is 6.07 Å². The summed E-state index contributed by atoms with van der Waals surface area (Å²) >= 11 is 0. The Kier molecular flexibility index (Phi) is 5.75. The third-order valence-electron chi connectivity index (χ3n) is 4.98. The van der Waals surface area contributed by atoms with Crippen LogP contribution in [0.5, 0.6) is 11.5 Å². The summed E-state index contributed by atoms with van der Waals surface area (Å²) in [6.45, 7) is 3.06. The third kappa shape index (κ3) is 4.92. The highest BCUT2D eigenvalue weighted by molar-refractivity contribution is 5.91. The lowest BCUT2D eigenvalue weighted by Gasteiger charge is -2.15. The van der Waals surface area contributed by atoms with Gasteiger partial charge in [-0.05, 0) is 56.0 Å². The minimum absolute atomic E-state index is 0.0540. The van der Waals surface area contributed by atoms with Crippen LogP contribution < -0.4 is 20.5 Å². The molecule has 0 saturated heterocycles. The summed E-state index contributed by atoms with van der Waals surface area (Å²) in [4.78, 5) is 8.93. The molecule has 4 rings (SSSR count). The highest BCUT2D eigenvalue weighted by Gasteiger charge is 2.31. The summed E-state index contributed by atoms with van der Waals surface area (Å²) in [6.07, 6.45) is -1.54. The summed E-state index contributed by atoms with van der Waals surface area (Å²) in [6, 6.07) is 7.14. The zero-order chi connectivity index (χ0) is 22.0. The Bertz CT molecular complexity index is 1100. The molecule has 0 amide bonds. The van der Waals surface area contributed by atoms with Gasteiger partial charge in [-0.25, -0.2) is 9.97 Å². The van der Waals surface area contributed by atoms with Gasteiger partial charge in [0.15, 0.2) is 11.5 Å². The maximum absolute atomic E-state index is 13.1. The molecule has 3 aromatic rings. The Morgan fingerprint density at radius 1 is 0.968 bits per heavy atom. The fraction of sp³-hybridized carbons (Fsp3) is 0.364. The number of hydrogen-bond donors (Lipinski definition) is 2. The number of anilines is 2. The molecule has 0 atom stereocenters. The zero-order valence-corrected chi connectivity index (χ0v) is 17.1. The van der Waals surface area contributed by atoms with Crippen molar-refractivity contribution in [1.82, 2.24) is 9.97 Å². The molecule has 0 bridgehead atoms. The van der Waals surface area contributed by atoms with Gasteiger partial charge in [0.05, 0.1) is 24.3 Å². The Morgan fingerprint density at radius 2 is 1.68 bits per heavy atom. The highest BCUT2D eigenvalue weighted by Crippen LogP contribution is 2.36. The number of fused-ring (bicyclic) bond motifs is 2. The number of nitrogen functional groups attached to an aromatic ring is 1. The van der Waals surface area contributed by atoms with E-state index < -0.39 is 11.7 Å². The molecule has 31 heavy (non-hydrogen) atoms. The van der Waals surface area contributed by atoms with Gasteiger partial charge in [0.25, 0.3) is 0 Å². The Balaban J connectivity index is 1.67. The molecule has 1 aliphatic rings. The van der Waals surface area contributed by atoms with Crippen LogP contribution in [0.2, 0.25) is 0 Å². The van der Waals surface area contributed by atoms with Crippen molar-refractivity contribution in [3.63, 3.8) is 0 Å². The lowest BCUT2D eigenvalue weighted by Crippen LogP contribution is -2.09. The number of nitrogens with two attached hydrogens (primary N) is 1. The smallest absolute Gasteiger partial charge is 0.416 e. The van der Waals surface area contributed by atoms with Crippen molar-refractivity contribution in [3.8, 4) is 11.5 Å². The van der Waals surface area contributed by atoms with E-state index >= 15 is 0 Å². The van der Waals surface area contributed by atoms with Crippen molar-refractivity contribution in [2.75, 3.05) is 24.3 Å². The first kappa shape index (κ1) is 21.0. The van der Waals surface area contributed by atoms with Crippen LogP contribution >= 0.6 is 0 Å². The van der Waals surface area contributed by atoms with E-state index in [4.69, 9.17) is 15.2 Å². The zero-order valence-electron chi connectivity index (χ0n) is 17.1. The van der Waals surface area contributed by atoms with E-state index in [0.29, 0.717) is 52.8 Å². The second-order valence-corrected chi connectivity index (χ2v) is 7.51. The van der Waals surface area contributed by atoms with E-state index in [-0.39, 0.29) is 12.2 Å². The van der Waals surface area contributed by atoms with Crippen LogP contribution in [0, 0.1) is 6.92 Å². The van der Waals surface area contributed by atoms with Crippen molar-refractivity contribution in [3.05, 3.63) is 47.3 Å². The first-order chi connectivity index (χ1) is 14.8. The monoisotopic (exact) mass is 432 g/mol. The number of aryl methyl sites for hydroxylation is 1. The second kappa shape index (κ2) is 8.49. The number of aromatic nitrogens is 2. The van der Waals surface area contributed by atoms with Gasteiger partial charge in [-0.2, -0.15) is 13.2 Å². The molecule has 0 saturated carbocycles. The SMILES string of the molecule is Cc1nc(NCc2cc(N)cc(C(F)(F)F)c2)c2cc3c(cc2n1)OCCCCCO3. The molecule has 2 heterocycles. The fourth-order valence-corrected chi connectivity index (χ4v) is 3.53. The minimum atomic E-state index is -4.46. The van der Waals surface area contributed by atoms with Crippen LogP contribution in [-0.2, 0) is 12.7 Å². The number of rotatable bonds is 3. The molecule has 0 spiro atoms. The fourth-order valence-electron chi connectivity index (χ4n) is 3.53. The number of ether oxygens (including phenoxy) is 2. The summed E-state index contributed by atoms with van der Waals surface area (Å²) in [5, 5.41) is 3.83. The first-order valence-electron chi connectivity index (χ1n) is 10.1. The van der Waals surface area contributed by atoms with Gasteiger partial charge in [-0.3, -0.25) is 0 Å². The van der Waals surface area contributed by atoms with Crippen LogP contribution in [-0.4, -0.2) is 23.2 Å². The molecule has 2 aromatic carbocycles. The van der Waals surface area contributed by atoms with Crippen molar-refractivity contribution >= 4 is 22.4 Å². The van der Waals surface area contributed by atoms with E-state index in [2.05, 4.69) is 15.3 Å². The van der Waals surface area contributed by atoms with Crippen LogP contribution in [0.25, 0.3) is 10.9 Å². The molecule has 9 heteroatoms. The summed E-state index contributed by atoms with van der Waals surface area (Å²) in [7, 11) is 0. The van der Waals surface area contributed by atoms with Gasteiger partial charge in [0.1, 0.15) is 11.6 Å². The summed E-state index contributed by atoms with van der Waals surface area (Å²) in [5.74, 6) is 2.27. The van der Waals surface area contributed by atoms with Gasteiger partial charge in [0.2, 0.25) is 0 Å². The van der Waals surface area contributed by atoms with E-state index in [1.54, 1.807) is 6.92 Å².